The number of carbonyl (C=O) groups is 1. The molecule has 2 heterocycles. The fourth-order valence-corrected chi connectivity index (χ4v) is 2.74. The number of aromatic nitrogens is 3. The Labute approximate surface area is 133 Å². The number of benzene rings is 1. The van der Waals surface area contributed by atoms with Crippen LogP contribution in [-0.2, 0) is 13.6 Å². The molecule has 0 spiro atoms. The summed E-state index contributed by atoms with van der Waals surface area (Å²) >= 11 is 6.18. The highest BCUT2D eigenvalue weighted by Gasteiger charge is 2.14. The monoisotopic (exact) mass is 316 g/mol. The van der Waals surface area contributed by atoms with Gasteiger partial charge in [0.1, 0.15) is 5.69 Å². The Morgan fingerprint density at radius 1 is 1.41 bits per heavy atom. The standard InChI is InChI=1S/C16H17ClN4O/c1-20-14-5-2-4-13(17)12(14)10-15(20)16(22)19-6-3-8-21-9-7-18-11-21/h2,4-5,7,9-11H,3,6,8H2,1H3,(H,19,22). The van der Waals surface area contributed by atoms with Crippen LogP contribution in [0.2, 0.25) is 5.02 Å². The minimum Gasteiger partial charge on any atom is -0.351 e. The molecule has 0 aliphatic heterocycles. The van der Waals surface area contributed by atoms with Crippen molar-refractivity contribution in [2.24, 2.45) is 7.05 Å². The number of fused-ring (bicyclic) bond motifs is 1. The lowest BCUT2D eigenvalue weighted by Gasteiger charge is -2.07. The van der Waals surface area contributed by atoms with Crippen LogP contribution in [0.1, 0.15) is 16.9 Å². The number of hydrogen-bond acceptors (Lipinski definition) is 2. The van der Waals surface area contributed by atoms with E-state index in [4.69, 9.17) is 11.6 Å². The van der Waals surface area contributed by atoms with Gasteiger partial charge in [-0.25, -0.2) is 4.98 Å². The van der Waals surface area contributed by atoms with Crippen LogP contribution in [0.4, 0.5) is 0 Å². The summed E-state index contributed by atoms with van der Waals surface area (Å²) < 4.78 is 3.86. The Kier molecular flexibility index (Phi) is 4.15. The molecule has 114 valence electrons. The van der Waals surface area contributed by atoms with E-state index in [0.717, 1.165) is 23.9 Å². The third-order valence-corrected chi connectivity index (χ3v) is 4.03. The molecule has 0 bridgehead atoms. The summed E-state index contributed by atoms with van der Waals surface area (Å²) in [5.74, 6) is -0.0830. The van der Waals surface area contributed by atoms with Gasteiger partial charge in [0.15, 0.2) is 0 Å². The third-order valence-electron chi connectivity index (χ3n) is 3.70. The van der Waals surface area contributed by atoms with Gasteiger partial charge in [0.25, 0.3) is 5.91 Å². The number of rotatable bonds is 5. The second kappa shape index (κ2) is 6.23. The van der Waals surface area contributed by atoms with E-state index in [1.54, 1.807) is 12.5 Å². The average Bonchev–Trinajstić information content (AvgIpc) is 3.13. The van der Waals surface area contributed by atoms with Crippen molar-refractivity contribution in [3.63, 3.8) is 0 Å². The molecule has 0 aliphatic rings. The highest BCUT2D eigenvalue weighted by Crippen LogP contribution is 2.26. The van der Waals surface area contributed by atoms with E-state index in [1.165, 1.54) is 0 Å². The topological polar surface area (TPSA) is 51.9 Å². The maximum atomic E-state index is 12.3. The largest absolute Gasteiger partial charge is 0.351 e. The number of nitrogens with zero attached hydrogens (tertiary/aromatic N) is 3. The number of hydrogen-bond donors (Lipinski definition) is 1. The number of nitrogens with one attached hydrogen (secondary N) is 1. The van der Waals surface area contributed by atoms with Gasteiger partial charge in [-0.05, 0) is 24.6 Å². The first kappa shape index (κ1) is 14.7. The molecule has 0 fully saturated rings. The lowest BCUT2D eigenvalue weighted by molar-refractivity contribution is 0.0945. The highest BCUT2D eigenvalue weighted by atomic mass is 35.5. The zero-order chi connectivity index (χ0) is 15.5. The van der Waals surface area contributed by atoms with Gasteiger partial charge in [0, 0.05) is 48.5 Å². The first-order chi connectivity index (χ1) is 10.7. The Hall–Kier alpha value is -2.27. The molecule has 2 aromatic heterocycles. The van der Waals surface area contributed by atoms with E-state index < -0.39 is 0 Å². The van der Waals surface area contributed by atoms with Gasteiger partial charge in [-0.2, -0.15) is 0 Å². The summed E-state index contributed by atoms with van der Waals surface area (Å²) in [6, 6.07) is 7.51. The van der Waals surface area contributed by atoms with Crippen LogP contribution >= 0.6 is 11.6 Å². The maximum Gasteiger partial charge on any atom is 0.267 e. The van der Waals surface area contributed by atoms with E-state index in [2.05, 4.69) is 10.3 Å². The maximum absolute atomic E-state index is 12.3. The fraction of sp³-hybridized carbons (Fsp3) is 0.250. The van der Waals surface area contributed by atoms with E-state index in [9.17, 15) is 4.79 Å². The van der Waals surface area contributed by atoms with E-state index in [-0.39, 0.29) is 5.91 Å². The molecular weight excluding hydrogens is 300 g/mol. The Balaban J connectivity index is 1.65. The molecule has 0 saturated heterocycles. The lowest BCUT2D eigenvalue weighted by Crippen LogP contribution is -2.26. The molecule has 0 radical (unpaired) electrons. The second-order valence-corrected chi connectivity index (χ2v) is 5.58. The predicted molar refractivity (Wildman–Crippen MR) is 87.1 cm³/mol. The summed E-state index contributed by atoms with van der Waals surface area (Å²) in [5.41, 5.74) is 1.57. The van der Waals surface area contributed by atoms with Crippen molar-refractivity contribution < 1.29 is 4.79 Å². The molecule has 3 rings (SSSR count). The summed E-state index contributed by atoms with van der Waals surface area (Å²) in [7, 11) is 1.87. The van der Waals surface area contributed by atoms with Crippen LogP contribution in [0.5, 0.6) is 0 Å². The molecule has 0 unspecified atom stereocenters. The van der Waals surface area contributed by atoms with Crippen molar-refractivity contribution in [2.75, 3.05) is 6.54 Å². The van der Waals surface area contributed by atoms with Crippen molar-refractivity contribution in [3.8, 4) is 0 Å². The van der Waals surface area contributed by atoms with Crippen molar-refractivity contribution in [1.82, 2.24) is 19.4 Å². The van der Waals surface area contributed by atoms with Gasteiger partial charge < -0.3 is 14.5 Å². The van der Waals surface area contributed by atoms with Crippen LogP contribution in [0.3, 0.4) is 0 Å². The highest BCUT2D eigenvalue weighted by molar-refractivity contribution is 6.35. The summed E-state index contributed by atoms with van der Waals surface area (Å²) in [6.07, 6.45) is 6.28. The number of imidazole rings is 1. The molecule has 22 heavy (non-hydrogen) atoms. The van der Waals surface area contributed by atoms with Crippen LogP contribution in [0.25, 0.3) is 10.9 Å². The fourth-order valence-electron chi connectivity index (χ4n) is 2.52. The zero-order valence-corrected chi connectivity index (χ0v) is 13.0. The van der Waals surface area contributed by atoms with Gasteiger partial charge in [-0.15, -0.1) is 0 Å². The van der Waals surface area contributed by atoms with E-state index in [1.807, 2.05) is 46.6 Å². The molecule has 5 nitrogen and oxygen atoms in total. The van der Waals surface area contributed by atoms with Crippen molar-refractivity contribution in [3.05, 3.63) is 53.7 Å². The lowest BCUT2D eigenvalue weighted by atomic mass is 10.2. The van der Waals surface area contributed by atoms with Gasteiger partial charge in [-0.3, -0.25) is 4.79 Å². The average molecular weight is 317 g/mol. The SMILES string of the molecule is Cn1c(C(=O)NCCCn2ccnc2)cc2c(Cl)cccc21. The van der Waals surface area contributed by atoms with Gasteiger partial charge in [0.05, 0.1) is 6.33 Å². The second-order valence-electron chi connectivity index (χ2n) is 5.17. The van der Waals surface area contributed by atoms with Gasteiger partial charge in [0.2, 0.25) is 0 Å². The van der Waals surface area contributed by atoms with Crippen molar-refractivity contribution >= 4 is 28.4 Å². The molecule has 0 aliphatic carbocycles. The van der Waals surface area contributed by atoms with E-state index in [0.29, 0.717) is 17.3 Å². The Morgan fingerprint density at radius 3 is 3.00 bits per heavy atom. The molecule has 1 N–H and O–H groups in total. The first-order valence-electron chi connectivity index (χ1n) is 7.14. The zero-order valence-electron chi connectivity index (χ0n) is 12.3. The smallest absolute Gasteiger partial charge is 0.267 e. The Bertz CT molecular complexity index is 792. The number of carbonyl (C=O) groups excluding carboxylic acids is 1. The van der Waals surface area contributed by atoms with Crippen LogP contribution in [0.15, 0.2) is 43.0 Å². The quantitative estimate of drug-likeness (QED) is 0.736. The molecular formula is C16H17ClN4O. The summed E-state index contributed by atoms with van der Waals surface area (Å²) in [5, 5.41) is 4.50. The summed E-state index contributed by atoms with van der Waals surface area (Å²) in [4.78, 5) is 16.3. The predicted octanol–water partition coefficient (Wildman–Crippen LogP) is 2.85. The number of halogens is 1. The molecule has 1 amide bonds. The number of aryl methyl sites for hydroxylation is 2. The molecule has 6 heteroatoms. The van der Waals surface area contributed by atoms with Crippen molar-refractivity contribution in [1.29, 1.82) is 0 Å². The van der Waals surface area contributed by atoms with Gasteiger partial charge in [-0.1, -0.05) is 17.7 Å². The number of amides is 1. The van der Waals surface area contributed by atoms with Gasteiger partial charge >= 0.3 is 0 Å². The Morgan fingerprint density at radius 2 is 2.27 bits per heavy atom. The van der Waals surface area contributed by atoms with Crippen LogP contribution in [0, 0.1) is 0 Å². The third kappa shape index (κ3) is 2.85. The minimum absolute atomic E-state index is 0.0830. The minimum atomic E-state index is -0.0830. The molecule has 0 atom stereocenters. The molecule has 3 aromatic rings. The first-order valence-corrected chi connectivity index (χ1v) is 7.52. The normalized spacial score (nSPS) is 11.0. The van der Waals surface area contributed by atoms with Crippen molar-refractivity contribution in [2.45, 2.75) is 13.0 Å². The molecule has 1 aromatic carbocycles. The summed E-state index contributed by atoms with van der Waals surface area (Å²) in [6.45, 7) is 1.45. The van der Waals surface area contributed by atoms with Crippen LogP contribution < -0.4 is 5.32 Å². The molecule has 0 saturated carbocycles. The van der Waals surface area contributed by atoms with E-state index >= 15 is 0 Å². The van der Waals surface area contributed by atoms with Crippen LogP contribution in [-0.4, -0.2) is 26.6 Å².